The highest BCUT2D eigenvalue weighted by Gasteiger charge is 2.65. The molecule has 3 heteroatoms. The van der Waals surface area contributed by atoms with Gasteiger partial charge in [-0.15, -0.1) is 0 Å². The first-order valence-corrected chi connectivity index (χ1v) is 10.8. The highest BCUT2D eigenvalue weighted by molar-refractivity contribution is 6.08. The average molecular weight is 386 g/mol. The molecule has 2 aromatic rings. The second-order valence-electron chi connectivity index (χ2n) is 9.13. The first kappa shape index (κ1) is 18.5. The zero-order valence-electron chi connectivity index (χ0n) is 16.6. The van der Waals surface area contributed by atoms with Crippen molar-refractivity contribution in [1.82, 2.24) is 0 Å². The smallest absolute Gasteiger partial charge is 0.167 e. The molecule has 6 rings (SSSR count). The van der Waals surface area contributed by atoms with E-state index >= 15 is 0 Å². The van der Waals surface area contributed by atoms with Gasteiger partial charge >= 0.3 is 0 Å². The maximum Gasteiger partial charge on any atom is 0.167 e. The minimum absolute atomic E-state index is 0.0265. The van der Waals surface area contributed by atoms with E-state index < -0.39 is 5.92 Å². The van der Waals surface area contributed by atoms with Crippen LogP contribution in [0, 0.1) is 29.1 Å². The molecule has 4 fully saturated rings. The standard InChI is InChI=1S/C26H26O3/c27-21-16-26-14-8-7-13-19(26)15-20(21)22(24(28)17-9-3-1-4-10-17)23(26)25(29)18-11-5-2-6-12-18/h1-6,9-12,19-20,22-23H,7-8,13-16H2/t19-,20+,22-,23-,26+/m1/s1. The van der Waals surface area contributed by atoms with Gasteiger partial charge in [0.2, 0.25) is 0 Å². The average Bonchev–Trinajstić information content (AvgIpc) is 2.78. The number of hydrogen-bond acceptors (Lipinski definition) is 3. The number of carbonyl (C=O) groups is 3. The monoisotopic (exact) mass is 386 g/mol. The maximum atomic E-state index is 13.8. The van der Waals surface area contributed by atoms with Gasteiger partial charge in [-0.05, 0) is 30.6 Å². The maximum absolute atomic E-state index is 13.8. The summed E-state index contributed by atoms with van der Waals surface area (Å²) >= 11 is 0. The van der Waals surface area contributed by atoms with Gasteiger partial charge in [0, 0.05) is 35.3 Å². The predicted octanol–water partition coefficient (Wildman–Crippen LogP) is 5.15. The van der Waals surface area contributed by atoms with Crippen molar-refractivity contribution in [3.8, 4) is 0 Å². The van der Waals surface area contributed by atoms with Crippen molar-refractivity contribution in [2.75, 3.05) is 0 Å². The fraction of sp³-hybridized carbons (Fsp3) is 0.423. The summed E-state index contributed by atoms with van der Waals surface area (Å²) in [5.74, 6) is -0.610. The fourth-order valence-corrected chi connectivity index (χ4v) is 6.61. The number of hydrogen-bond donors (Lipinski definition) is 0. The summed E-state index contributed by atoms with van der Waals surface area (Å²) in [6, 6.07) is 18.6. The van der Waals surface area contributed by atoms with E-state index in [1.807, 2.05) is 60.7 Å². The Kier molecular flexibility index (Phi) is 4.49. The van der Waals surface area contributed by atoms with Gasteiger partial charge in [-0.2, -0.15) is 0 Å². The van der Waals surface area contributed by atoms with Crippen molar-refractivity contribution in [3.05, 3.63) is 71.8 Å². The molecule has 0 aromatic heterocycles. The first-order chi connectivity index (χ1) is 14.1. The summed E-state index contributed by atoms with van der Waals surface area (Å²) in [7, 11) is 0. The van der Waals surface area contributed by atoms with Crippen LogP contribution in [0.5, 0.6) is 0 Å². The van der Waals surface area contributed by atoms with E-state index in [9.17, 15) is 14.4 Å². The van der Waals surface area contributed by atoms with Crippen LogP contribution in [0.3, 0.4) is 0 Å². The molecule has 0 saturated heterocycles. The molecule has 0 radical (unpaired) electrons. The summed E-state index contributed by atoms with van der Waals surface area (Å²) < 4.78 is 0. The predicted molar refractivity (Wildman–Crippen MR) is 111 cm³/mol. The van der Waals surface area contributed by atoms with Crippen molar-refractivity contribution >= 4 is 17.3 Å². The van der Waals surface area contributed by atoms with Crippen molar-refractivity contribution in [1.29, 1.82) is 0 Å². The molecule has 1 spiro atoms. The Bertz CT molecular complexity index is 948. The lowest BCUT2D eigenvalue weighted by Crippen LogP contribution is -2.62. The number of ketones is 3. The molecule has 0 aliphatic heterocycles. The van der Waals surface area contributed by atoms with Crippen LogP contribution < -0.4 is 0 Å². The van der Waals surface area contributed by atoms with E-state index in [0.717, 1.165) is 32.1 Å². The Hall–Kier alpha value is -2.55. The third-order valence-electron chi connectivity index (χ3n) is 7.83. The van der Waals surface area contributed by atoms with Crippen molar-refractivity contribution < 1.29 is 14.4 Å². The van der Waals surface area contributed by atoms with E-state index in [-0.39, 0.29) is 34.6 Å². The Morgan fingerprint density at radius 3 is 2.10 bits per heavy atom. The zero-order valence-corrected chi connectivity index (χ0v) is 16.6. The van der Waals surface area contributed by atoms with Gasteiger partial charge in [0.05, 0.1) is 0 Å². The summed E-state index contributed by atoms with van der Waals surface area (Å²) in [5.41, 5.74) is 0.945. The first-order valence-electron chi connectivity index (χ1n) is 10.8. The number of rotatable bonds is 4. The highest BCUT2D eigenvalue weighted by atomic mass is 16.1. The number of carbonyl (C=O) groups excluding carboxylic acids is 3. The summed E-state index contributed by atoms with van der Waals surface area (Å²) in [6.07, 6.45) is 5.42. The molecule has 148 valence electrons. The molecule has 4 aliphatic carbocycles. The highest BCUT2D eigenvalue weighted by Crippen LogP contribution is 2.64. The van der Waals surface area contributed by atoms with Crippen molar-refractivity contribution in [2.45, 2.75) is 38.5 Å². The third kappa shape index (κ3) is 2.82. The summed E-state index contributed by atoms with van der Waals surface area (Å²) in [4.78, 5) is 40.6. The molecular weight excluding hydrogens is 360 g/mol. The topological polar surface area (TPSA) is 51.2 Å². The molecule has 29 heavy (non-hydrogen) atoms. The molecule has 0 amide bonds. The van der Waals surface area contributed by atoms with Crippen LogP contribution in [0.1, 0.15) is 59.2 Å². The Morgan fingerprint density at radius 2 is 1.45 bits per heavy atom. The lowest BCUT2D eigenvalue weighted by atomic mass is 9.41. The summed E-state index contributed by atoms with van der Waals surface area (Å²) in [6.45, 7) is 0. The molecule has 3 nitrogen and oxygen atoms in total. The second-order valence-corrected chi connectivity index (χ2v) is 9.13. The minimum atomic E-state index is -0.527. The Labute approximate surface area is 171 Å². The second kappa shape index (κ2) is 7.05. The van der Waals surface area contributed by atoms with E-state index in [1.165, 1.54) is 0 Å². The lowest BCUT2D eigenvalue weighted by Gasteiger charge is -2.60. The van der Waals surface area contributed by atoms with Crippen LogP contribution in [0.15, 0.2) is 60.7 Å². The molecule has 4 aliphatic rings. The number of benzene rings is 2. The van der Waals surface area contributed by atoms with Crippen molar-refractivity contribution in [3.63, 3.8) is 0 Å². The molecule has 0 heterocycles. The van der Waals surface area contributed by atoms with E-state index in [0.29, 0.717) is 23.5 Å². The Balaban J connectivity index is 1.64. The number of fused-ring (bicyclic) bond motifs is 2. The van der Waals surface area contributed by atoms with Crippen LogP contribution in [0.4, 0.5) is 0 Å². The van der Waals surface area contributed by atoms with Crippen molar-refractivity contribution in [2.24, 2.45) is 29.1 Å². The van der Waals surface area contributed by atoms with Gasteiger partial charge in [-0.1, -0.05) is 73.5 Å². The molecule has 4 saturated carbocycles. The van der Waals surface area contributed by atoms with Gasteiger partial charge in [0.1, 0.15) is 5.78 Å². The minimum Gasteiger partial charge on any atom is -0.299 e. The summed E-state index contributed by atoms with van der Waals surface area (Å²) in [5, 5.41) is 0. The van der Waals surface area contributed by atoms with Crippen LogP contribution >= 0.6 is 0 Å². The fourth-order valence-electron chi connectivity index (χ4n) is 6.61. The van der Waals surface area contributed by atoms with Crippen LogP contribution in [-0.4, -0.2) is 17.3 Å². The van der Waals surface area contributed by atoms with Crippen LogP contribution in [-0.2, 0) is 4.79 Å². The van der Waals surface area contributed by atoms with Gasteiger partial charge in [0.15, 0.2) is 11.6 Å². The van der Waals surface area contributed by atoms with Gasteiger partial charge in [-0.3, -0.25) is 14.4 Å². The van der Waals surface area contributed by atoms with Crippen LogP contribution in [0.25, 0.3) is 0 Å². The molecular formula is C26H26O3. The van der Waals surface area contributed by atoms with E-state index in [1.54, 1.807) is 0 Å². The van der Waals surface area contributed by atoms with Gasteiger partial charge in [0.25, 0.3) is 0 Å². The van der Waals surface area contributed by atoms with E-state index in [2.05, 4.69) is 0 Å². The van der Waals surface area contributed by atoms with Gasteiger partial charge < -0.3 is 0 Å². The van der Waals surface area contributed by atoms with Gasteiger partial charge in [-0.25, -0.2) is 0 Å². The zero-order chi connectivity index (χ0) is 20.0. The van der Waals surface area contributed by atoms with E-state index in [4.69, 9.17) is 0 Å². The molecule has 2 bridgehead atoms. The number of Topliss-reactive ketones (excluding diaryl/α,β-unsaturated/α-hetero) is 3. The lowest BCUT2D eigenvalue weighted by molar-refractivity contribution is -0.153. The third-order valence-corrected chi connectivity index (χ3v) is 7.83. The van der Waals surface area contributed by atoms with Crippen LogP contribution in [0.2, 0.25) is 0 Å². The molecule has 0 unspecified atom stereocenters. The normalized spacial score (nSPS) is 33.2. The SMILES string of the molecule is O=C(c1ccccc1)[C@@H]1[C@H]2C[C@H]3CCCC[C@@]3(CC2=O)[C@H]1C(=O)c1ccccc1. The Morgan fingerprint density at radius 1 is 0.828 bits per heavy atom. The largest absolute Gasteiger partial charge is 0.299 e. The molecule has 2 aromatic carbocycles. The quantitative estimate of drug-likeness (QED) is 0.683. The molecule has 0 N–H and O–H groups in total. The molecule has 5 atom stereocenters.